The monoisotopic (exact) mass is 343 g/mol. The van der Waals surface area contributed by atoms with Crippen LogP contribution in [0.5, 0.6) is 11.5 Å². The lowest BCUT2D eigenvalue weighted by molar-refractivity contribution is 0.0918. The maximum Gasteiger partial charge on any atom is 0.315 e. The van der Waals surface area contributed by atoms with Crippen LogP contribution in [-0.2, 0) is 19.5 Å². The molecule has 8 nitrogen and oxygen atoms in total. The van der Waals surface area contributed by atoms with Gasteiger partial charge in [-0.2, -0.15) is 0 Å². The van der Waals surface area contributed by atoms with Crippen LogP contribution in [0.25, 0.3) is 0 Å². The minimum Gasteiger partial charge on any atom is -0.486 e. The zero-order chi connectivity index (χ0) is 17.1. The zero-order valence-corrected chi connectivity index (χ0v) is 13.9. The number of benzene rings is 1. The van der Waals surface area contributed by atoms with E-state index >= 15 is 0 Å². The van der Waals surface area contributed by atoms with Gasteiger partial charge in [-0.1, -0.05) is 12.1 Å². The third-order valence-electron chi connectivity index (χ3n) is 4.40. The number of aryl methyl sites for hydroxylation is 1. The quantitative estimate of drug-likeness (QED) is 0.872. The number of aromatic nitrogens is 3. The molecule has 0 radical (unpaired) electrons. The van der Waals surface area contributed by atoms with Crippen LogP contribution in [0.1, 0.15) is 24.5 Å². The molecule has 0 fully saturated rings. The number of fused-ring (bicyclic) bond motifs is 2. The second-order valence-electron chi connectivity index (χ2n) is 6.20. The number of carbonyl (C=O) groups is 1. The lowest BCUT2D eigenvalue weighted by atomic mass is 10.2. The molecule has 0 saturated heterocycles. The van der Waals surface area contributed by atoms with Crippen molar-refractivity contribution in [3.63, 3.8) is 0 Å². The Kier molecular flexibility index (Phi) is 4.41. The smallest absolute Gasteiger partial charge is 0.315 e. The summed E-state index contributed by atoms with van der Waals surface area (Å²) in [6.07, 6.45) is 3.03. The Morgan fingerprint density at radius 2 is 2.08 bits per heavy atom. The first-order valence-electron chi connectivity index (χ1n) is 8.61. The van der Waals surface area contributed by atoms with Gasteiger partial charge in [0.25, 0.3) is 0 Å². The highest BCUT2D eigenvalue weighted by atomic mass is 16.6. The summed E-state index contributed by atoms with van der Waals surface area (Å²) in [6.45, 7) is 2.07. The maximum absolute atomic E-state index is 12.0. The molecule has 0 bridgehead atoms. The SMILES string of the molecule is O=C(NCc1nnc2n1CCCC2)NC[C@H]1COc2ccccc2O1. The number of para-hydroxylation sites is 2. The molecule has 8 heteroatoms. The van der Waals surface area contributed by atoms with Crippen molar-refractivity contribution in [3.05, 3.63) is 35.9 Å². The van der Waals surface area contributed by atoms with Crippen LogP contribution in [-0.4, -0.2) is 40.1 Å². The molecule has 2 aliphatic heterocycles. The van der Waals surface area contributed by atoms with E-state index in [0.29, 0.717) is 25.4 Å². The van der Waals surface area contributed by atoms with E-state index in [2.05, 4.69) is 25.4 Å². The first kappa shape index (κ1) is 15.7. The highest BCUT2D eigenvalue weighted by Gasteiger charge is 2.21. The van der Waals surface area contributed by atoms with Crippen molar-refractivity contribution in [2.45, 2.75) is 38.5 Å². The molecule has 1 atom stereocenters. The lowest BCUT2D eigenvalue weighted by Gasteiger charge is -2.26. The minimum absolute atomic E-state index is 0.207. The average molecular weight is 343 g/mol. The number of urea groups is 1. The molecule has 2 amide bonds. The molecule has 25 heavy (non-hydrogen) atoms. The summed E-state index contributed by atoms with van der Waals surface area (Å²) in [6, 6.07) is 7.26. The van der Waals surface area contributed by atoms with Crippen LogP contribution in [0, 0.1) is 0 Å². The van der Waals surface area contributed by atoms with Crippen LogP contribution in [0.4, 0.5) is 4.79 Å². The summed E-state index contributed by atoms with van der Waals surface area (Å²) in [5, 5.41) is 14.0. The van der Waals surface area contributed by atoms with Gasteiger partial charge in [-0.15, -0.1) is 10.2 Å². The van der Waals surface area contributed by atoms with Gasteiger partial charge in [0.05, 0.1) is 13.1 Å². The van der Waals surface area contributed by atoms with Gasteiger partial charge in [-0.3, -0.25) is 0 Å². The second kappa shape index (κ2) is 7.00. The summed E-state index contributed by atoms with van der Waals surface area (Å²) in [5.41, 5.74) is 0. The minimum atomic E-state index is -0.254. The van der Waals surface area contributed by atoms with E-state index in [4.69, 9.17) is 9.47 Å². The van der Waals surface area contributed by atoms with E-state index in [1.807, 2.05) is 24.3 Å². The molecule has 1 aromatic carbocycles. The maximum atomic E-state index is 12.0. The molecular weight excluding hydrogens is 322 g/mol. The van der Waals surface area contributed by atoms with E-state index in [1.54, 1.807) is 0 Å². The van der Waals surface area contributed by atoms with Crippen molar-refractivity contribution in [3.8, 4) is 11.5 Å². The molecule has 0 saturated carbocycles. The first-order chi connectivity index (χ1) is 12.3. The number of rotatable bonds is 4. The molecule has 3 heterocycles. The van der Waals surface area contributed by atoms with Gasteiger partial charge in [0.1, 0.15) is 12.4 Å². The number of amides is 2. The molecule has 0 unspecified atom stereocenters. The predicted molar refractivity (Wildman–Crippen MR) is 89.6 cm³/mol. The van der Waals surface area contributed by atoms with E-state index < -0.39 is 0 Å². The summed E-state index contributed by atoms with van der Waals surface area (Å²) < 4.78 is 13.5. The van der Waals surface area contributed by atoms with Gasteiger partial charge in [-0.05, 0) is 25.0 Å². The lowest BCUT2D eigenvalue weighted by Crippen LogP contribution is -2.44. The number of carbonyl (C=O) groups excluding carboxylic acids is 1. The Morgan fingerprint density at radius 1 is 1.20 bits per heavy atom. The topological polar surface area (TPSA) is 90.3 Å². The Morgan fingerprint density at radius 3 is 3.00 bits per heavy atom. The average Bonchev–Trinajstić information content (AvgIpc) is 3.08. The number of nitrogens with zero attached hydrogens (tertiary/aromatic N) is 3. The fraction of sp³-hybridized carbons (Fsp3) is 0.471. The molecule has 2 aromatic rings. The Labute approximate surface area is 145 Å². The molecule has 4 rings (SSSR count). The standard InChI is InChI=1S/C17H21N5O3/c23-17(19-10-16-21-20-15-7-3-4-8-22(15)16)18-9-12-11-24-13-5-1-2-6-14(13)25-12/h1-2,5-6,12H,3-4,7-11H2,(H2,18,19,23)/t12-/m0/s1. The van der Waals surface area contributed by atoms with Crippen molar-refractivity contribution in [1.29, 1.82) is 0 Å². The second-order valence-corrected chi connectivity index (χ2v) is 6.20. The molecule has 2 aliphatic rings. The molecular formula is C17H21N5O3. The molecule has 0 spiro atoms. The van der Waals surface area contributed by atoms with Crippen LogP contribution in [0.2, 0.25) is 0 Å². The fourth-order valence-corrected chi connectivity index (χ4v) is 3.09. The van der Waals surface area contributed by atoms with Crippen molar-refractivity contribution in [2.75, 3.05) is 13.2 Å². The van der Waals surface area contributed by atoms with Crippen LogP contribution >= 0.6 is 0 Å². The summed E-state index contributed by atoms with van der Waals surface area (Å²) >= 11 is 0. The third-order valence-corrected chi connectivity index (χ3v) is 4.40. The van der Waals surface area contributed by atoms with E-state index in [9.17, 15) is 4.79 Å². The Hall–Kier alpha value is -2.77. The number of nitrogens with one attached hydrogen (secondary N) is 2. The summed E-state index contributed by atoms with van der Waals surface area (Å²) in [5.74, 6) is 3.25. The Bertz CT molecular complexity index is 760. The van der Waals surface area contributed by atoms with Gasteiger partial charge in [0.15, 0.2) is 23.4 Å². The molecule has 132 valence electrons. The Balaban J connectivity index is 1.24. The first-order valence-corrected chi connectivity index (χ1v) is 8.61. The highest BCUT2D eigenvalue weighted by molar-refractivity contribution is 5.73. The summed E-state index contributed by atoms with van der Waals surface area (Å²) in [7, 11) is 0. The fourth-order valence-electron chi connectivity index (χ4n) is 3.09. The van der Waals surface area contributed by atoms with Gasteiger partial charge >= 0.3 is 6.03 Å². The van der Waals surface area contributed by atoms with Gasteiger partial charge in [-0.25, -0.2) is 4.79 Å². The number of hydrogen-bond acceptors (Lipinski definition) is 5. The van der Waals surface area contributed by atoms with Crippen molar-refractivity contribution in [2.24, 2.45) is 0 Å². The molecule has 0 aliphatic carbocycles. The largest absolute Gasteiger partial charge is 0.486 e. The van der Waals surface area contributed by atoms with Gasteiger partial charge in [0, 0.05) is 13.0 Å². The van der Waals surface area contributed by atoms with E-state index in [-0.39, 0.29) is 12.1 Å². The van der Waals surface area contributed by atoms with Crippen LogP contribution in [0.15, 0.2) is 24.3 Å². The van der Waals surface area contributed by atoms with Crippen molar-refractivity contribution in [1.82, 2.24) is 25.4 Å². The summed E-state index contributed by atoms with van der Waals surface area (Å²) in [4.78, 5) is 12.0. The van der Waals surface area contributed by atoms with E-state index in [0.717, 1.165) is 43.2 Å². The third kappa shape index (κ3) is 3.52. The van der Waals surface area contributed by atoms with Gasteiger partial charge < -0.3 is 24.7 Å². The predicted octanol–water partition coefficient (Wildman–Crippen LogP) is 1.25. The number of hydrogen-bond donors (Lipinski definition) is 2. The van der Waals surface area contributed by atoms with Crippen molar-refractivity contribution >= 4 is 6.03 Å². The number of ether oxygens (including phenoxy) is 2. The van der Waals surface area contributed by atoms with Crippen molar-refractivity contribution < 1.29 is 14.3 Å². The normalized spacial score (nSPS) is 18.3. The van der Waals surface area contributed by atoms with E-state index in [1.165, 1.54) is 0 Å². The van der Waals surface area contributed by atoms with Crippen LogP contribution < -0.4 is 20.1 Å². The molecule has 2 N–H and O–H groups in total. The molecule has 1 aromatic heterocycles. The zero-order valence-electron chi connectivity index (χ0n) is 13.9. The van der Waals surface area contributed by atoms with Gasteiger partial charge in [0.2, 0.25) is 0 Å². The highest BCUT2D eigenvalue weighted by Crippen LogP contribution is 2.30. The van der Waals surface area contributed by atoms with Crippen LogP contribution in [0.3, 0.4) is 0 Å².